The molecular weight excluding hydrogens is 348 g/mol. The molecule has 0 nitrogen and oxygen atoms in total. The van der Waals surface area contributed by atoms with Crippen LogP contribution in [0.1, 0.15) is 29.5 Å². The summed E-state index contributed by atoms with van der Waals surface area (Å²) >= 11 is 5.82. The van der Waals surface area contributed by atoms with E-state index < -0.39 is 0 Å². The number of benzene rings is 2. The predicted molar refractivity (Wildman–Crippen MR) is 113 cm³/mol. The summed E-state index contributed by atoms with van der Waals surface area (Å²) < 4.78 is 5.70. The molecule has 0 fully saturated rings. The Morgan fingerprint density at radius 3 is 2.08 bits per heavy atom. The van der Waals surface area contributed by atoms with Crippen LogP contribution in [0.3, 0.4) is 0 Å². The van der Waals surface area contributed by atoms with E-state index in [1.165, 1.54) is 69.4 Å². The SMILES string of the molecule is CCCCc1cc2cc3c(cc2s1)sc1cc2sc(C)cc2cc13. The largest absolute Gasteiger partial charge is 0.141 e. The molecule has 0 bridgehead atoms. The first-order valence-electron chi connectivity index (χ1n) is 8.50. The lowest BCUT2D eigenvalue weighted by Gasteiger charge is -1.94. The zero-order valence-electron chi connectivity index (χ0n) is 13.8. The molecule has 0 radical (unpaired) electrons. The number of hydrogen-bond donors (Lipinski definition) is 0. The van der Waals surface area contributed by atoms with Crippen molar-refractivity contribution in [3.05, 3.63) is 46.2 Å². The molecule has 0 spiro atoms. The molecule has 3 heterocycles. The molecule has 0 saturated carbocycles. The molecule has 0 aliphatic heterocycles. The highest BCUT2D eigenvalue weighted by Crippen LogP contribution is 2.41. The van der Waals surface area contributed by atoms with Gasteiger partial charge < -0.3 is 0 Å². The van der Waals surface area contributed by atoms with Crippen LogP contribution in [0.5, 0.6) is 0 Å². The summed E-state index contributed by atoms with van der Waals surface area (Å²) in [6, 6.07) is 14.3. The summed E-state index contributed by atoms with van der Waals surface area (Å²) in [6.45, 7) is 4.46. The Hall–Kier alpha value is -1.42. The molecule has 5 rings (SSSR count). The van der Waals surface area contributed by atoms with Crippen LogP contribution in [0.2, 0.25) is 0 Å². The minimum atomic E-state index is 1.22. The Morgan fingerprint density at radius 2 is 1.38 bits per heavy atom. The summed E-state index contributed by atoms with van der Waals surface area (Å²) in [7, 11) is 0. The van der Waals surface area contributed by atoms with E-state index in [2.05, 4.69) is 50.2 Å². The lowest BCUT2D eigenvalue weighted by Crippen LogP contribution is -1.76. The fraction of sp³-hybridized carbons (Fsp3) is 0.238. The van der Waals surface area contributed by atoms with Crippen molar-refractivity contribution in [3.8, 4) is 0 Å². The molecule has 0 aliphatic carbocycles. The first-order valence-corrected chi connectivity index (χ1v) is 10.9. The van der Waals surface area contributed by atoms with E-state index in [1.54, 1.807) is 0 Å². The van der Waals surface area contributed by atoms with Crippen LogP contribution in [0.25, 0.3) is 40.3 Å². The summed E-state index contributed by atoms with van der Waals surface area (Å²) in [5.41, 5.74) is 0. The van der Waals surface area contributed by atoms with Gasteiger partial charge in [-0.3, -0.25) is 0 Å². The molecule has 0 amide bonds. The van der Waals surface area contributed by atoms with Crippen LogP contribution in [-0.2, 0) is 6.42 Å². The van der Waals surface area contributed by atoms with Gasteiger partial charge in [0.05, 0.1) is 0 Å². The maximum absolute atomic E-state index is 2.42. The van der Waals surface area contributed by atoms with Gasteiger partial charge in [-0.25, -0.2) is 0 Å². The highest BCUT2D eigenvalue weighted by atomic mass is 32.1. The lowest BCUT2D eigenvalue weighted by molar-refractivity contribution is 0.804. The molecular formula is C21H18S3. The maximum atomic E-state index is 2.42. The van der Waals surface area contributed by atoms with Gasteiger partial charge in [0.1, 0.15) is 0 Å². The quantitative estimate of drug-likeness (QED) is 0.302. The fourth-order valence-corrected chi connectivity index (χ4v) is 6.88. The van der Waals surface area contributed by atoms with E-state index in [1.807, 2.05) is 34.0 Å². The summed E-state index contributed by atoms with van der Waals surface area (Å²) in [4.78, 5) is 2.93. The van der Waals surface area contributed by atoms with Crippen LogP contribution in [-0.4, -0.2) is 0 Å². The molecule has 120 valence electrons. The standard InChI is InChI=1S/C21H18S3/c1-3-4-5-15-7-14-9-17-16-8-13-6-12(2)22-18(13)10-20(16)24-21(17)11-19(14)23-15/h6-11H,3-5H2,1-2H3. The first kappa shape index (κ1) is 14.9. The van der Waals surface area contributed by atoms with Gasteiger partial charge in [0.15, 0.2) is 0 Å². The van der Waals surface area contributed by atoms with Crippen LogP contribution in [0, 0.1) is 6.92 Å². The van der Waals surface area contributed by atoms with Crippen LogP contribution < -0.4 is 0 Å². The zero-order chi connectivity index (χ0) is 16.3. The monoisotopic (exact) mass is 366 g/mol. The minimum Gasteiger partial charge on any atom is -0.141 e. The molecule has 0 N–H and O–H groups in total. The average Bonchev–Trinajstić information content (AvgIpc) is 3.21. The van der Waals surface area contributed by atoms with E-state index in [-0.39, 0.29) is 0 Å². The maximum Gasteiger partial charge on any atom is 0.0369 e. The van der Waals surface area contributed by atoms with Gasteiger partial charge in [-0.15, -0.1) is 34.0 Å². The van der Waals surface area contributed by atoms with Crippen LogP contribution in [0.4, 0.5) is 0 Å². The minimum absolute atomic E-state index is 1.22. The van der Waals surface area contributed by atoms with Gasteiger partial charge >= 0.3 is 0 Å². The van der Waals surface area contributed by atoms with Crippen molar-refractivity contribution in [3.63, 3.8) is 0 Å². The molecule has 3 heteroatoms. The number of unbranched alkanes of at least 4 members (excludes halogenated alkanes) is 1. The Morgan fingerprint density at radius 1 is 0.708 bits per heavy atom. The van der Waals surface area contributed by atoms with Crippen LogP contribution in [0.15, 0.2) is 36.4 Å². The molecule has 0 aliphatic rings. The third-order valence-electron chi connectivity index (χ3n) is 4.70. The second-order valence-corrected chi connectivity index (χ2v) is 10.1. The van der Waals surface area contributed by atoms with Crippen molar-refractivity contribution < 1.29 is 0 Å². The van der Waals surface area contributed by atoms with Crippen molar-refractivity contribution in [2.75, 3.05) is 0 Å². The zero-order valence-corrected chi connectivity index (χ0v) is 16.3. The highest BCUT2D eigenvalue weighted by molar-refractivity contribution is 7.27. The van der Waals surface area contributed by atoms with Gasteiger partial charge in [0.25, 0.3) is 0 Å². The second kappa shape index (κ2) is 5.55. The van der Waals surface area contributed by atoms with E-state index >= 15 is 0 Å². The summed E-state index contributed by atoms with van der Waals surface area (Å²) in [5, 5.41) is 5.65. The molecule has 5 aromatic rings. The summed E-state index contributed by atoms with van der Waals surface area (Å²) in [5.74, 6) is 0. The summed E-state index contributed by atoms with van der Waals surface area (Å²) in [6.07, 6.45) is 3.78. The molecule has 24 heavy (non-hydrogen) atoms. The van der Waals surface area contributed by atoms with Crippen LogP contribution >= 0.6 is 34.0 Å². The molecule has 0 unspecified atom stereocenters. The fourth-order valence-electron chi connectivity index (χ4n) is 3.51. The van der Waals surface area contributed by atoms with Crippen molar-refractivity contribution in [1.29, 1.82) is 0 Å². The molecule has 2 aromatic carbocycles. The number of hydrogen-bond acceptors (Lipinski definition) is 3. The van der Waals surface area contributed by atoms with E-state index in [4.69, 9.17) is 0 Å². The lowest BCUT2D eigenvalue weighted by atomic mass is 10.1. The van der Waals surface area contributed by atoms with Gasteiger partial charge in [-0.05, 0) is 66.9 Å². The molecule has 0 atom stereocenters. The normalized spacial score (nSPS) is 12.2. The number of rotatable bonds is 3. The van der Waals surface area contributed by atoms with E-state index in [0.29, 0.717) is 0 Å². The Bertz CT molecular complexity index is 1200. The Kier molecular flexibility index (Phi) is 3.44. The first-order chi connectivity index (χ1) is 11.7. The Balaban J connectivity index is 1.75. The Labute approximate surface area is 153 Å². The van der Waals surface area contributed by atoms with Crippen molar-refractivity contribution in [1.82, 2.24) is 0 Å². The smallest absolute Gasteiger partial charge is 0.0369 e. The number of aryl methyl sites for hydroxylation is 2. The third-order valence-corrected chi connectivity index (χ3v) is 7.98. The topological polar surface area (TPSA) is 0 Å². The number of thiophene rings is 3. The van der Waals surface area contributed by atoms with Gasteiger partial charge in [-0.2, -0.15) is 0 Å². The molecule has 0 saturated heterocycles. The van der Waals surface area contributed by atoms with Crippen molar-refractivity contribution in [2.45, 2.75) is 33.1 Å². The van der Waals surface area contributed by atoms with Crippen molar-refractivity contribution >= 4 is 74.4 Å². The average molecular weight is 367 g/mol. The predicted octanol–water partition coefficient (Wildman–Crippen LogP) is 8.13. The molecule has 3 aromatic heterocycles. The van der Waals surface area contributed by atoms with E-state index in [9.17, 15) is 0 Å². The van der Waals surface area contributed by atoms with Gasteiger partial charge in [-0.1, -0.05) is 13.3 Å². The number of fused-ring (bicyclic) bond motifs is 5. The third kappa shape index (κ3) is 2.30. The van der Waals surface area contributed by atoms with Gasteiger partial charge in [0.2, 0.25) is 0 Å². The van der Waals surface area contributed by atoms with Gasteiger partial charge in [0, 0.05) is 39.3 Å². The van der Waals surface area contributed by atoms with E-state index in [0.717, 1.165) is 0 Å². The second-order valence-electron chi connectivity index (χ2n) is 6.55. The highest BCUT2D eigenvalue weighted by Gasteiger charge is 2.11. The van der Waals surface area contributed by atoms with Crippen molar-refractivity contribution in [2.24, 2.45) is 0 Å².